The highest BCUT2D eigenvalue weighted by Gasteiger charge is 2.05. The minimum Gasteiger partial charge on any atom is -0.473 e. The Morgan fingerprint density at radius 1 is 1.12 bits per heavy atom. The lowest BCUT2D eigenvalue weighted by Gasteiger charge is -2.17. The molecule has 1 aromatic carbocycles. The van der Waals surface area contributed by atoms with Crippen molar-refractivity contribution in [3.63, 3.8) is 0 Å². The second kappa shape index (κ2) is 11.2. The molecule has 0 aliphatic heterocycles. The molecule has 26 heavy (non-hydrogen) atoms. The summed E-state index contributed by atoms with van der Waals surface area (Å²) in [6.07, 6.45) is 3.91. The predicted molar refractivity (Wildman–Crippen MR) is 108 cm³/mol. The highest BCUT2D eigenvalue weighted by atomic mass is 35.5. The maximum Gasteiger partial charge on any atom is 0.225 e. The molecule has 0 atom stereocenters. The molecule has 0 spiro atoms. The van der Waals surface area contributed by atoms with Gasteiger partial charge in [0.25, 0.3) is 0 Å². The van der Waals surface area contributed by atoms with Crippen LogP contribution in [0, 0.1) is 0 Å². The highest BCUT2D eigenvalue weighted by molar-refractivity contribution is 6.35. The second-order valence-electron chi connectivity index (χ2n) is 5.90. The van der Waals surface area contributed by atoms with Crippen LogP contribution in [0.1, 0.15) is 32.3 Å². The summed E-state index contributed by atoms with van der Waals surface area (Å²) in [6, 6.07) is 7.07. The molecule has 0 amide bonds. The number of hydrogen-bond acceptors (Lipinski definition) is 5. The van der Waals surface area contributed by atoms with Crippen LogP contribution in [0.25, 0.3) is 0 Å². The van der Waals surface area contributed by atoms with Crippen molar-refractivity contribution in [2.45, 2.75) is 33.3 Å². The molecular weight excluding hydrogens is 371 g/mol. The quantitative estimate of drug-likeness (QED) is 0.547. The SMILES string of the molecule is CCN(CC)CCCCNc1nccc(OCc2ccc(Cl)cc2Cl)n1. The normalized spacial score (nSPS) is 11.0. The molecule has 2 rings (SSSR count). The Kier molecular flexibility index (Phi) is 8.95. The maximum atomic E-state index is 6.16. The van der Waals surface area contributed by atoms with Gasteiger partial charge in [-0.05, 0) is 44.6 Å². The van der Waals surface area contributed by atoms with Gasteiger partial charge in [0.15, 0.2) is 0 Å². The van der Waals surface area contributed by atoms with Gasteiger partial charge in [-0.1, -0.05) is 43.1 Å². The number of benzene rings is 1. The van der Waals surface area contributed by atoms with Crippen molar-refractivity contribution >= 4 is 29.2 Å². The number of unbranched alkanes of at least 4 members (excludes halogenated alkanes) is 1. The third-order valence-electron chi connectivity index (χ3n) is 4.10. The van der Waals surface area contributed by atoms with Crippen LogP contribution in [0.2, 0.25) is 10.0 Å². The van der Waals surface area contributed by atoms with E-state index in [1.54, 1.807) is 24.4 Å². The molecular formula is C19H26Cl2N4O. The molecule has 0 bridgehead atoms. The van der Waals surface area contributed by atoms with Crippen LogP contribution in [0.4, 0.5) is 5.95 Å². The molecule has 1 aromatic heterocycles. The molecule has 5 nitrogen and oxygen atoms in total. The molecule has 0 saturated carbocycles. The summed E-state index contributed by atoms with van der Waals surface area (Å²) in [6.45, 7) is 8.88. The lowest BCUT2D eigenvalue weighted by molar-refractivity contribution is 0.293. The van der Waals surface area contributed by atoms with Gasteiger partial charge in [0, 0.05) is 34.4 Å². The highest BCUT2D eigenvalue weighted by Crippen LogP contribution is 2.22. The number of ether oxygens (including phenoxy) is 1. The number of rotatable bonds is 11. The molecule has 0 aliphatic rings. The fourth-order valence-electron chi connectivity index (χ4n) is 2.50. The third kappa shape index (κ3) is 6.98. The van der Waals surface area contributed by atoms with Crippen molar-refractivity contribution in [3.05, 3.63) is 46.1 Å². The first kappa shape index (κ1) is 20.7. The lowest BCUT2D eigenvalue weighted by atomic mass is 10.2. The van der Waals surface area contributed by atoms with Crippen molar-refractivity contribution in [2.24, 2.45) is 0 Å². The summed E-state index contributed by atoms with van der Waals surface area (Å²) >= 11 is 12.1. The standard InChI is InChI=1S/C19H26Cl2N4O/c1-3-25(4-2)12-6-5-10-22-19-23-11-9-18(24-19)26-14-15-7-8-16(20)13-17(15)21/h7-9,11,13H,3-6,10,12,14H2,1-2H3,(H,22,23,24). The molecule has 1 heterocycles. The minimum atomic E-state index is 0.330. The zero-order valence-corrected chi connectivity index (χ0v) is 16.9. The largest absolute Gasteiger partial charge is 0.473 e. The van der Waals surface area contributed by atoms with E-state index in [0.29, 0.717) is 28.5 Å². The number of anilines is 1. The summed E-state index contributed by atoms with van der Waals surface area (Å²) in [5.74, 6) is 1.09. The van der Waals surface area contributed by atoms with Gasteiger partial charge in [0.2, 0.25) is 11.8 Å². The van der Waals surface area contributed by atoms with Gasteiger partial charge in [0.1, 0.15) is 6.61 Å². The van der Waals surface area contributed by atoms with E-state index >= 15 is 0 Å². The summed E-state index contributed by atoms with van der Waals surface area (Å²) in [4.78, 5) is 11.0. The van der Waals surface area contributed by atoms with Gasteiger partial charge in [-0.3, -0.25) is 0 Å². The number of halogens is 2. The molecule has 0 aliphatic carbocycles. The van der Waals surface area contributed by atoms with Crippen molar-refractivity contribution in [1.29, 1.82) is 0 Å². The molecule has 0 fully saturated rings. The van der Waals surface area contributed by atoms with Gasteiger partial charge >= 0.3 is 0 Å². The summed E-state index contributed by atoms with van der Waals surface area (Å²) < 4.78 is 5.72. The Morgan fingerprint density at radius 3 is 2.65 bits per heavy atom. The number of hydrogen-bond donors (Lipinski definition) is 1. The van der Waals surface area contributed by atoms with Gasteiger partial charge in [0.05, 0.1) is 0 Å². The Hall–Kier alpha value is -1.56. The van der Waals surface area contributed by atoms with Gasteiger partial charge in [-0.15, -0.1) is 0 Å². The average Bonchev–Trinajstić information content (AvgIpc) is 2.64. The van der Waals surface area contributed by atoms with Crippen LogP contribution >= 0.6 is 23.2 Å². The van der Waals surface area contributed by atoms with Crippen molar-refractivity contribution in [3.8, 4) is 5.88 Å². The van der Waals surface area contributed by atoms with Crippen LogP contribution in [0.3, 0.4) is 0 Å². The topological polar surface area (TPSA) is 50.3 Å². The fraction of sp³-hybridized carbons (Fsp3) is 0.474. The first-order valence-electron chi connectivity index (χ1n) is 8.98. The van der Waals surface area contributed by atoms with Gasteiger partial charge in [-0.2, -0.15) is 4.98 Å². The Bertz CT molecular complexity index is 680. The van der Waals surface area contributed by atoms with Crippen molar-refractivity contribution in [2.75, 3.05) is 31.5 Å². The van der Waals surface area contributed by atoms with Crippen LogP contribution in [0.15, 0.2) is 30.5 Å². The Balaban J connectivity index is 1.76. The number of nitrogens with one attached hydrogen (secondary N) is 1. The molecule has 2 aromatic rings. The summed E-state index contributed by atoms with van der Waals surface area (Å²) in [5, 5.41) is 4.43. The fourth-order valence-corrected chi connectivity index (χ4v) is 2.96. The van der Waals surface area contributed by atoms with E-state index in [9.17, 15) is 0 Å². The zero-order chi connectivity index (χ0) is 18.8. The molecule has 0 saturated heterocycles. The maximum absolute atomic E-state index is 6.16. The van der Waals surface area contributed by atoms with E-state index in [1.165, 1.54) is 0 Å². The molecule has 1 N–H and O–H groups in total. The monoisotopic (exact) mass is 396 g/mol. The van der Waals surface area contributed by atoms with Crippen LogP contribution in [-0.4, -0.2) is 41.0 Å². The van der Waals surface area contributed by atoms with E-state index in [4.69, 9.17) is 27.9 Å². The number of aromatic nitrogens is 2. The third-order valence-corrected chi connectivity index (χ3v) is 4.69. The first-order chi connectivity index (χ1) is 12.6. The van der Waals surface area contributed by atoms with Crippen molar-refractivity contribution in [1.82, 2.24) is 14.9 Å². The van der Waals surface area contributed by atoms with E-state index in [1.807, 2.05) is 6.07 Å². The number of nitrogens with zero attached hydrogens (tertiary/aromatic N) is 3. The van der Waals surface area contributed by atoms with Crippen LogP contribution < -0.4 is 10.1 Å². The van der Waals surface area contributed by atoms with E-state index in [-0.39, 0.29) is 0 Å². The summed E-state index contributed by atoms with van der Waals surface area (Å²) in [5.41, 5.74) is 0.862. The second-order valence-corrected chi connectivity index (χ2v) is 6.75. The van der Waals surface area contributed by atoms with E-state index in [2.05, 4.69) is 34.0 Å². The smallest absolute Gasteiger partial charge is 0.225 e. The summed E-state index contributed by atoms with van der Waals surface area (Å²) in [7, 11) is 0. The first-order valence-corrected chi connectivity index (χ1v) is 9.74. The minimum absolute atomic E-state index is 0.330. The molecule has 7 heteroatoms. The van der Waals surface area contributed by atoms with E-state index in [0.717, 1.165) is 44.6 Å². The Labute approximate surface area is 165 Å². The molecule has 0 radical (unpaired) electrons. The Morgan fingerprint density at radius 2 is 1.92 bits per heavy atom. The molecule has 142 valence electrons. The van der Waals surface area contributed by atoms with Gasteiger partial charge < -0.3 is 15.0 Å². The average molecular weight is 397 g/mol. The van der Waals surface area contributed by atoms with Gasteiger partial charge in [-0.25, -0.2) is 4.98 Å². The predicted octanol–water partition coefficient (Wildman–Crippen LogP) is 4.90. The zero-order valence-electron chi connectivity index (χ0n) is 15.3. The molecule has 0 unspecified atom stereocenters. The van der Waals surface area contributed by atoms with Crippen molar-refractivity contribution < 1.29 is 4.74 Å². The van der Waals surface area contributed by atoms with E-state index < -0.39 is 0 Å². The lowest BCUT2D eigenvalue weighted by Crippen LogP contribution is -2.24. The van der Waals surface area contributed by atoms with Crippen LogP contribution in [0.5, 0.6) is 5.88 Å². The van der Waals surface area contributed by atoms with Crippen LogP contribution in [-0.2, 0) is 6.61 Å².